The predicted molar refractivity (Wildman–Crippen MR) is 332 cm³/mol. The van der Waals surface area contributed by atoms with Crippen LogP contribution in [-0.4, -0.2) is 28.2 Å². The van der Waals surface area contributed by atoms with Crippen molar-refractivity contribution in [3.8, 4) is 45.4 Å². The maximum Gasteiger partial charge on any atom is 0.187 e. The first-order chi connectivity index (χ1) is 39.6. The lowest BCUT2D eigenvalue weighted by Crippen LogP contribution is -2.03. The largest absolute Gasteiger partial charge is 0.309 e. The molecular weight excluding hydrogens is 975 g/mol. The monoisotopic (exact) mass is 1020 g/mol. The fraction of sp³-hybridized carbons (Fsp3) is 0. The first-order valence-electron chi connectivity index (χ1n) is 27.0. The lowest BCUT2D eigenvalue weighted by molar-refractivity contribution is 1.12. The first-order valence-corrected chi connectivity index (χ1v) is 27.0. The maximum atomic E-state index is 8.02. The summed E-state index contributed by atoms with van der Waals surface area (Å²) in [5.74, 6) is 0.581. The van der Waals surface area contributed by atoms with Crippen LogP contribution in [0.4, 0.5) is 5.69 Å². The van der Waals surface area contributed by atoms with Crippen LogP contribution in [0.2, 0.25) is 0 Å². The summed E-state index contributed by atoms with van der Waals surface area (Å²) in [5, 5.41) is 12.6. The molecule has 0 saturated carbocycles. The van der Waals surface area contributed by atoms with E-state index in [2.05, 4.69) is 266 Å². The van der Waals surface area contributed by atoms with Gasteiger partial charge in [-0.05, 0) is 107 Å². The molecule has 0 aliphatic heterocycles. The quantitative estimate of drug-likeness (QED) is 0.123. The van der Waals surface area contributed by atoms with Crippen LogP contribution in [0.25, 0.3) is 159 Å². The maximum absolute atomic E-state index is 8.02. The number of nitrogens with zero attached hydrogens (tertiary/aromatic N) is 7. The minimum atomic E-state index is 0.554. The minimum absolute atomic E-state index is 0.554. The normalized spacial score (nSPS) is 12.0. The van der Waals surface area contributed by atoms with Crippen LogP contribution in [0.1, 0.15) is 0 Å². The standard InChI is InChI=1S/C73H43N7/c1-74-48-19-16-18-46(39-48)72-71-53-20-3-2-17-45(53)33-38-62(71)75-73(76-72)47-40-51(79-67-31-14-8-25-58(67)60-36-34-49(43-69(60)79)77-63-27-10-4-21-54(63)55-22-5-11-28-64(55)77)42-52(41-47)80-68-32-15-9-26-59(68)61-37-35-50(44-70(61)80)78-65-29-12-6-23-56(65)57-24-7-13-30-66(57)78/h2-44H. The number of hydrogen-bond acceptors (Lipinski definition) is 2. The lowest BCUT2D eigenvalue weighted by atomic mass is 9.99. The summed E-state index contributed by atoms with van der Waals surface area (Å²) < 4.78 is 9.66. The van der Waals surface area contributed by atoms with E-state index in [9.17, 15) is 0 Å². The Morgan fingerprint density at radius 1 is 0.287 bits per heavy atom. The molecule has 0 amide bonds. The third-order valence-corrected chi connectivity index (χ3v) is 16.5. The van der Waals surface area contributed by atoms with E-state index < -0.39 is 0 Å². The molecule has 5 heterocycles. The highest BCUT2D eigenvalue weighted by Crippen LogP contribution is 2.43. The Morgan fingerprint density at radius 2 is 0.700 bits per heavy atom. The Bertz CT molecular complexity index is 5170. The molecule has 0 N–H and O–H groups in total. The van der Waals surface area contributed by atoms with Crippen LogP contribution >= 0.6 is 0 Å². The molecular formula is C73H43N7. The molecule has 7 heteroatoms. The van der Waals surface area contributed by atoms with Crippen molar-refractivity contribution < 1.29 is 0 Å². The Labute approximate surface area is 458 Å². The van der Waals surface area contributed by atoms with E-state index >= 15 is 0 Å². The summed E-state index contributed by atoms with van der Waals surface area (Å²) in [6, 6.07) is 93.5. The van der Waals surface area contributed by atoms with Crippen molar-refractivity contribution in [2.24, 2.45) is 0 Å². The smallest absolute Gasteiger partial charge is 0.187 e. The number of para-hydroxylation sites is 6. The van der Waals surface area contributed by atoms with Gasteiger partial charge in [-0.1, -0.05) is 170 Å². The van der Waals surface area contributed by atoms with Crippen LogP contribution in [-0.2, 0) is 0 Å². The molecule has 0 aliphatic rings. The van der Waals surface area contributed by atoms with E-state index in [-0.39, 0.29) is 0 Å². The van der Waals surface area contributed by atoms with E-state index in [1.54, 1.807) is 0 Å². The molecule has 0 radical (unpaired) electrons. The second-order valence-corrected chi connectivity index (χ2v) is 20.8. The van der Waals surface area contributed by atoms with Crippen molar-refractivity contribution in [2.75, 3.05) is 0 Å². The lowest BCUT2D eigenvalue weighted by Gasteiger charge is -2.17. The van der Waals surface area contributed by atoms with Crippen LogP contribution in [0, 0.1) is 6.57 Å². The van der Waals surface area contributed by atoms with Gasteiger partial charge >= 0.3 is 0 Å². The molecule has 12 aromatic carbocycles. The van der Waals surface area contributed by atoms with Crippen molar-refractivity contribution in [3.05, 3.63) is 272 Å². The van der Waals surface area contributed by atoms with Crippen LogP contribution in [0.3, 0.4) is 0 Å². The topological polar surface area (TPSA) is 49.9 Å². The van der Waals surface area contributed by atoms with E-state index in [1.165, 1.54) is 21.5 Å². The summed E-state index contributed by atoms with van der Waals surface area (Å²) in [4.78, 5) is 15.0. The molecule has 80 heavy (non-hydrogen) atoms. The van der Waals surface area contributed by atoms with E-state index in [4.69, 9.17) is 16.5 Å². The van der Waals surface area contributed by atoms with Crippen molar-refractivity contribution in [1.82, 2.24) is 28.2 Å². The number of aromatic nitrogens is 6. The molecule has 17 aromatic rings. The molecule has 370 valence electrons. The van der Waals surface area contributed by atoms with Gasteiger partial charge in [-0.3, -0.25) is 0 Å². The fourth-order valence-corrected chi connectivity index (χ4v) is 13.1. The molecule has 17 rings (SSSR count). The van der Waals surface area contributed by atoms with Gasteiger partial charge < -0.3 is 18.3 Å². The minimum Gasteiger partial charge on any atom is -0.309 e. The summed E-state index contributed by atoms with van der Waals surface area (Å²) in [6.07, 6.45) is 0. The number of hydrogen-bond donors (Lipinski definition) is 0. The first kappa shape index (κ1) is 44.1. The van der Waals surface area contributed by atoms with Crippen molar-refractivity contribution in [2.45, 2.75) is 0 Å². The molecule has 0 atom stereocenters. The molecule has 0 unspecified atom stereocenters. The van der Waals surface area contributed by atoms with Crippen molar-refractivity contribution >= 4 is 115 Å². The third-order valence-electron chi connectivity index (χ3n) is 16.5. The van der Waals surface area contributed by atoms with Gasteiger partial charge in [0.15, 0.2) is 11.5 Å². The third kappa shape index (κ3) is 6.42. The molecule has 0 aliphatic carbocycles. The van der Waals surface area contributed by atoms with Crippen molar-refractivity contribution in [1.29, 1.82) is 0 Å². The van der Waals surface area contributed by atoms with E-state index in [0.29, 0.717) is 11.5 Å². The Balaban J connectivity index is 0.984. The Hall–Kier alpha value is -11.1. The van der Waals surface area contributed by atoms with Gasteiger partial charge in [0.2, 0.25) is 0 Å². The van der Waals surface area contributed by atoms with Crippen LogP contribution < -0.4 is 0 Å². The predicted octanol–water partition coefficient (Wildman–Crippen LogP) is 19.1. The van der Waals surface area contributed by atoms with E-state index in [0.717, 1.165) is 127 Å². The second kappa shape index (κ2) is 17.0. The summed E-state index contributed by atoms with van der Waals surface area (Å²) in [5.41, 5.74) is 16.9. The van der Waals surface area contributed by atoms with Crippen LogP contribution in [0.5, 0.6) is 0 Å². The molecule has 5 aromatic heterocycles. The molecule has 7 nitrogen and oxygen atoms in total. The molecule has 0 bridgehead atoms. The van der Waals surface area contributed by atoms with Gasteiger partial charge in [-0.25, -0.2) is 14.8 Å². The molecule has 0 fully saturated rings. The summed E-state index contributed by atoms with van der Waals surface area (Å²) >= 11 is 0. The van der Waals surface area contributed by atoms with Gasteiger partial charge in [-0.15, -0.1) is 0 Å². The average Bonchev–Trinajstić information content (AvgIpc) is 4.41. The van der Waals surface area contributed by atoms with Gasteiger partial charge in [0.1, 0.15) is 0 Å². The van der Waals surface area contributed by atoms with Gasteiger partial charge in [0.25, 0.3) is 0 Å². The highest BCUT2D eigenvalue weighted by molar-refractivity contribution is 6.16. The zero-order valence-corrected chi connectivity index (χ0v) is 43.0. The van der Waals surface area contributed by atoms with Crippen LogP contribution in [0.15, 0.2) is 261 Å². The van der Waals surface area contributed by atoms with Gasteiger partial charge in [-0.2, -0.15) is 0 Å². The summed E-state index contributed by atoms with van der Waals surface area (Å²) in [6.45, 7) is 8.02. The number of rotatable bonds is 6. The second-order valence-electron chi connectivity index (χ2n) is 20.8. The summed E-state index contributed by atoms with van der Waals surface area (Å²) in [7, 11) is 0. The zero-order chi connectivity index (χ0) is 52.6. The Kier molecular flexibility index (Phi) is 9.35. The highest BCUT2D eigenvalue weighted by Gasteiger charge is 2.23. The fourth-order valence-electron chi connectivity index (χ4n) is 13.1. The van der Waals surface area contributed by atoms with Crippen molar-refractivity contribution in [3.63, 3.8) is 0 Å². The average molecular weight is 1020 g/mol. The molecule has 0 spiro atoms. The van der Waals surface area contributed by atoms with E-state index in [1.807, 2.05) is 18.2 Å². The Morgan fingerprint density at radius 3 is 1.16 bits per heavy atom. The highest BCUT2D eigenvalue weighted by atomic mass is 15.0. The SMILES string of the molecule is [C-]#[N+]c1cccc(-c2nc(-c3cc(-n4c5ccccc5c5ccc(-n6c7ccccc7c7ccccc76)cc54)cc(-n4c5ccccc5c5ccc(-n6c7ccccc7c7ccccc76)cc54)c3)nc3ccc4ccccc4c23)c1. The molecule has 0 saturated heterocycles. The number of benzene rings is 12. The number of fused-ring (bicyclic) bond motifs is 15. The van der Waals surface area contributed by atoms with Gasteiger partial charge in [0.05, 0.1) is 61.9 Å². The van der Waals surface area contributed by atoms with Gasteiger partial charge in [0, 0.05) is 76.8 Å². The zero-order valence-electron chi connectivity index (χ0n) is 43.0.